The first kappa shape index (κ1) is 60.0. The minimum absolute atomic E-state index is 0. The van der Waals surface area contributed by atoms with Gasteiger partial charge in [0.15, 0.2) is 5.82 Å². The van der Waals surface area contributed by atoms with Crippen molar-refractivity contribution in [1.82, 2.24) is 30.6 Å². The van der Waals surface area contributed by atoms with Crippen LogP contribution in [0.3, 0.4) is 0 Å². The van der Waals surface area contributed by atoms with E-state index in [0.717, 1.165) is 29.2 Å². The number of methoxy groups -OCH3 is 2. The number of hydrogen-bond acceptors (Lipinski definition) is 14. The normalized spacial score (nSPS) is 14.0. The number of hydrogen-bond donors (Lipinski definition) is 6. The number of H-pyrrole nitrogens is 1. The lowest BCUT2D eigenvalue weighted by atomic mass is 9.95. The summed E-state index contributed by atoms with van der Waals surface area (Å²) in [5.74, 6) is 2.87. The number of nitrogens with zero attached hydrogens (tertiary/aromatic N) is 4. The number of amides is 1. The lowest BCUT2D eigenvalue weighted by Gasteiger charge is -2.21. The Morgan fingerprint density at radius 2 is 1.10 bits per heavy atom. The second kappa shape index (κ2) is 24.4. The number of carboxylic acids is 1. The molecule has 1 amide bonds. The van der Waals surface area contributed by atoms with Crippen molar-refractivity contribution < 1.29 is 69.6 Å². The molecule has 2 aliphatic carbocycles. The lowest BCUT2D eigenvalue weighted by Crippen LogP contribution is -2.44. The SMILES string of the molecule is CC(=O)O.COC(=O)C(C)(C)COc1ccc(-c2ccc(-c3n[nH]c(C4(C(F)(F)F)CC4)n3)cc2)cn1.COC(=O)C(C)(C)COc1ccc(-c2ccc(C(=N)N)cc2)cn1.Cl.NNC(=O)C1(C(F)(F)F)CC1. The molecule has 73 heavy (non-hydrogen) atoms. The van der Waals surface area contributed by atoms with E-state index >= 15 is 0 Å². The molecule has 2 saturated carbocycles. The predicted molar refractivity (Wildman–Crippen MR) is 256 cm³/mol. The number of nitrogens with one attached hydrogen (secondary N) is 3. The second-order valence-electron chi connectivity index (χ2n) is 17.8. The van der Waals surface area contributed by atoms with Crippen LogP contribution in [0.5, 0.6) is 11.8 Å². The van der Waals surface area contributed by atoms with E-state index in [2.05, 4.69) is 31.0 Å². The fourth-order valence-electron chi connectivity index (χ4n) is 6.39. The third-order valence-electron chi connectivity index (χ3n) is 11.2. The molecule has 3 aromatic heterocycles. The van der Waals surface area contributed by atoms with E-state index in [9.17, 15) is 40.7 Å². The van der Waals surface area contributed by atoms with Gasteiger partial charge in [-0.1, -0.05) is 48.5 Å². The highest BCUT2D eigenvalue weighted by Gasteiger charge is 2.68. The van der Waals surface area contributed by atoms with Gasteiger partial charge < -0.3 is 29.8 Å². The van der Waals surface area contributed by atoms with E-state index in [4.69, 9.17) is 40.0 Å². The summed E-state index contributed by atoms with van der Waals surface area (Å²) in [6, 6.07) is 21.7. The molecule has 0 atom stereocenters. The maximum absolute atomic E-state index is 13.3. The van der Waals surface area contributed by atoms with Crippen molar-refractivity contribution >= 4 is 42.1 Å². The van der Waals surface area contributed by atoms with Gasteiger partial charge in [0.25, 0.3) is 5.97 Å². The van der Waals surface area contributed by atoms with Crippen molar-refractivity contribution in [2.24, 2.45) is 27.8 Å². The number of alkyl halides is 6. The number of rotatable bonds is 14. The molecule has 18 nitrogen and oxygen atoms in total. The van der Waals surface area contributed by atoms with Crippen LogP contribution >= 0.6 is 12.4 Å². The highest BCUT2D eigenvalue weighted by atomic mass is 35.5. The highest BCUT2D eigenvalue weighted by molar-refractivity contribution is 5.95. The molecule has 0 saturated heterocycles. The zero-order chi connectivity index (χ0) is 53.9. The van der Waals surface area contributed by atoms with Crippen molar-refractivity contribution in [1.29, 1.82) is 5.41 Å². The molecule has 0 unspecified atom stereocenters. The molecule has 7 rings (SSSR count). The number of carboxylic acid groups (broad SMARTS) is 1. The molecule has 3 heterocycles. The van der Waals surface area contributed by atoms with Gasteiger partial charge in [-0.15, -0.1) is 12.4 Å². The van der Waals surface area contributed by atoms with Gasteiger partial charge >= 0.3 is 24.3 Å². The highest BCUT2D eigenvalue weighted by Crippen LogP contribution is 2.58. The quantitative estimate of drug-likeness (QED) is 0.0116. The van der Waals surface area contributed by atoms with Crippen molar-refractivity contribution in [3.8, 4) is 45.4 Å². The largest absolute Gasteiger partial charge is 0.481 e. The molecule has 2 fully saturated rings. The molecule has 0 aliphatic heterocycles. The number of amidine groups is 1. The van der Waals surface area contributed by atoms with Crippen LogP contribution in [-0.4, -0.2) is 99.7 Å². The average Bonchev–Trinajstić information content (AvgIpc) is 4.29. The number of ether oxygens (including phenoxy) is 4. The number of carbonyl (C=O) groups is 4. The van der Waals surface area contributed by atoms with Gasteiger partial charge in [0.05, 0.1) is 25.0 Å². The molecule has 0 spiro atoms. The zero-order valence-corrected chi connectivity index (χ0v) is 41.5. The second-order valence-corrected chi connectivity index (χ2v) is 17.8. The summed E-state index contributed by atoms with van der Waals surface area (Å²) in [6.07, 6.45) is -5.72. The fourth-order valence-corrected chi connectivity index (χ4v) is 6.39. The topological polar surface area (TPSA) is 281 Å². The fraction of sp³-hybridized carbons (Fsp3) is 0.396. The summed E-state index contributed by atoms with van der Waals surface area (Å²) in [5, 5.41) is 21.3. The number of pyridine rings is 2. The van der Waals surface area contributed by atoms with Crippen molar-refractivity contribution in [2.45, 2.75) is 78.1 Å². The van der Waals surface area contributed by atoms with Crippen molar-refractivity contribution in [3.63, 3.8) is 0 Å². The zero-order valence-electron chi connectivity index (χ0n) is 40.7. The monoisotopic (exact) mass is 1050 g/mol. The first-order chi connectivity index (χ1) is 33.6. The third-order valence-corrected chi connectivity index (χ3v) is 11.2. The number of esters is 2. The van der Waals surface area contributed by atoms with E-state index in [1.807, 2.05) is 36.4 Å². The summed E-state index contributed by atoms with van der Waals surface area (Å²) in [6.45, 7) is 8.33. The number of benzene rings is 2. The van der Waals surface area contributed by atoms with Gasteiger partial charge in [0.1, 0.15) is 35.7 Å². The van der Waals surface area contributed by atoms with E-state index in [-0.39, 0.29) is 80.7 Å². The molecule has 8 N–H and O–H groups in total. The van der Waals surface area contributed by atoms with E-state index in [1.54, 1.807) is 76.5 Å². The maximum Gasteiger partial charge on any atom is 0.403 e. The average molecular weight is 1050 g/mol. The van der Waals surface area contributed by atoms with Gasteiger partial charge in [0, 0.05) is 53.7 Å². The first-order valence-corrected chi connectivity index (χ1v) is 21.7. The molecule has 396 valence electrons. The van der Waals surface area contributed by atoms with Crippen LogP contribution < -0.4 is 26.5 Å². The Morgan fingerprint density at radius 1 is 0.699 bits per heavy atom. The van der Waals surface area contributed by atoms with E-state index in [0.29, 0.717) is 22.9 Å². The van der Waals surface area contributed by atoms with Gasteiger partial charge in [-0.25, -0.2) is 20.8 Å². The van der Waals surface area contributed by atoms with Gasteiger partial charge in [-0.2, -0.15) is 31.4 Å². The number of carbonyl (C=O) groups excluding carboxylic acids is 3. The number of nitrogens with two attached hydrogens (primary N) is 2. The van der Waals surface area contributed by atoms with Crippen LogP contribution in [0.25, 0.3) is 33.6 Å². The van der Waals surface area contributed by atoms with Crippen LogP contribution in [0.4, 0.5) is 26.3 Å². The lowest BCUT2D eigenvalue weighted by molar-refractivity contribution is -0.192. The summed E-state index contributed by atoms with van der Waals surface area (Å²) >= 11 is 0. The molecule has 2 aliphatic rings. The number of nitrogen functional groups attached to an aromatic ring is 1. The Kier molecular flexibility index (Phi) is 20.0. The van der Waals surface area contributed by atoms with Gasteiger partial charge in [0.2, 0.25) is 17.7 Å². The van der Waals surface area contributed by atoms with Crippen molar-refractivity contribution in [2.75, 3.05) is 27.4 Å². The Bertz CT molecular complexity index is 2650. The molecule has 2 aromatic carbocycles. The standard InChI is InChI=1S/C23H23F3N4O3.C18H21N3O3.C5H7F3N2O.C2H4O2.ClH/c1-21(2,20(31)32-3)13-33-17-9-8-16(12-27-17)14-4-6-15(7-5-14)18-28-19(30-29-18)22(10-11-22)23(24,25)26;1-18(2,17(22)23-3)11-24-15-9-8-14(10-21-15)12-4-6-13(7-5-12)16(19)20;6-5(7,8)4(1-2-4)3(11)10-9;1-2(3)4;/h4-9,12H,10-11,13H2,1-3H3,(H,28,29,30);4-10H,11H2,1-3H3,(H3,19,20);1-2,9H2,(H,10,11);1H3,(H,3,4);1H. The minimum Gasteiger partial charge on any atom is -0.481 e. The van der Waals surface area contributed by atoms with Gasteiger partial charge in [-0.05, 0) is 76.6 Å². The number of aromatic nitrogens is 5. The van der Waals surface area contributed by atoms with Crippen molar-refractivity contribution in [3.05, 3.63) is 96.6 Å². The Labute approximate surface area is 421 Å². The molecule has 0 radical (unpaired) electrons. The third kappa shape index (κ3) is 15.6. The molecular weight excluding hydrogens is 996 g/mol. The Morgan fingerprint density at radius 3 is 1.40 bits per heavy atom. The molecule has 0 bridgehead atoms. The van der Waals surface area contributed by atoms with E-state index < -0.39 is 45.9 Å². The summed E-state index contributed by atoms with van der Waals surface area (Å²) in [7, 11) is 2.68. The summed E-state index contributed by atoms with van der Waals surface area (Å²) in [4.78, 5) is 55.6. The van der Waals surface area contributed by atoms with Crippen LogP contribution in [0, 0.1) is 21.7 Å². The number of aromatic amines is 1. The Balaban J connectivity index is 0.000000306. The number of hydrazine groups is 1. The molecular formula is C48H56ClF6N9O9. The summed E-state index contributed by atoms with van der Waals surface area (Å²) < 4.78 is 96.6. The Hall–Kier alpha value is -7.34. The van der Waals surface area contributed by atoms with Crippen LogP contribution in [0.2, 0.25) is 0 Å². The first-order valence-electron chi connectivity index (χ1n) is 21.7. The molecule has 25 heteroatoms. The smallest absolute Gasteiger partial charge is 0.403 e. The minimum atomic E-state index is -4.46. The summed E-state index contributed by atoms with van der Waals surface area (Å²) in [5.41, 5.74) is 6.21. The number of halogens is 7. The maximum atomic E-state index is 13.3. The van der Waals surface area contributed by atoms with Gasteiger partial charge in [-0.3, -0.25) is 35.1 Å². The van der Waals surface area contributed by atoms with E-state index in [1.165, 1.54) is 19.6 Å². The van der Waals surface area contributed by atoms with Crippen LogP contribution in [-0.2, 0) is 34.1 Å². The predicted octanol–water partition coefficient (Wildman–Crippen LogP) is 8.15. The molecule has 5 aromatic rings. The van der Waals surface area contributed by atoms with Crippen LogP contribution in [0.1, 0.15) is 71.7 Å². The van der Waals surface area contributed by atoms with Crippen LogP contribution in [0.15, 0.2) is 85.2 Å². The number of aliphatic carboxylic acids is 1.